The number of halogens is 3. The van der Waals surface area contributed by atoms with Crippen LogP contribution in [-0.2, 0) is 19.4 Å². The second kappa shape index (κ2) is 12.9. The minimum absolute atomic E-state index is 0.0418. The summed E-state index contributed by atoms with van der Waals surface area (Å²) in [5.41, 5.74) is 4.77. The fraction of sp³-hybridized carbons (Fsp3) is 0.533. The van der Waals surface area contributed by atoms with E-state index in [-0.39, 0.29) is 36.6 Å². The lowest BCUT2D eigenvalue weighted by Crippen LogP contribution is -2.43. The number of aromatic nitrogens is 1. The third-order valence-electron chi connectivity index (χ3n) is 7.88. The van der Waals surface area contributed by atoms with Crippen LogP contribution in [0.3, 0.4) is 0 Å². The van der Waals surface area contributed by atoms with Crippen LogP contribution in [0.15, 0.2) is 41.2 Å². The number of nitrogens with one attached hydrogen (secondary N) is 3. The number of pyridine rings is 1. The Morgan fingerprint density at radius 1 is 1.08 bits per heavy atom. The van der Waals surface area contributed by atoms with Crippen molar-refractivity contribution >= 4 is 11.6 Å². The predicted octanol–water partition coefficient (Wildman–Crippen LogP) is 5.34. The number of alkyl halides is 3. The van der Waals surface area contributed by atoms with Crippen LogP contribution in [0.1, 0.15) is 78.2 Å². The summed E-state index contributed by atoms with van der Waals surface area (Å²) in [6.45, 7) is 4.85. The number of aryl methyl sites for hydroxylation is 2. The molecule has 0 bridgehead atoms. The average molecular weight is 545 g/mol. The van der Waals surface area contributed by atoms with Crippen molar-refractivity contribution in [3.05, 3.63) is 74.7 Å². The highest BCUT2D eigenvalue weighted by Gasteiger charge is 2.30. The Balaban J connectivity index is 1.52. The molecule has 212 valence electrons. The number of H-pyrrole nitrogens is 1. The lowest BCUT2D eigenvalue weighted by Gasteiger charge is -2.39. The van der Waals surface area contributed by atoms with Gasteiger partial charge in [-0.15, -0.1) is 0 Å². The van der Waals surface area contributed by atoms with Gasteiger partial charge in [0, 0.05) is 54.2 Å². The Bertz CT molecular complexity index is 1230. The molecule has 2 heterocycles. The zero-order valence-electron chi connectivity index (χ0n) is 22.8. The molecule has 1 aliphatic carbocycles. The first-order valence-electron chi connectivity index (χ1n) is 14.0. The van der Waals surface area contributed by atoms with E-state index < -0.39 is 12.6 Å². The number of fused-ring (bicyclic) bond motifs is 2. The van der Waals surface area contributed by atoms with Gasteiger partial charge in [-0.1, -0.05) is 18.2 Å². The summed E-state index contributed by atoms with van der Waals surface area (Å²) in [6, 6.07) is 8.13. The van der Waals surface area contributed by atoms with E-state index >= 15 is 0 Å². The molecular weight excluding hydrogens is 505 g/mol. The molecule has 0 saturated heterocycles. The SMILES string of the molecule is CCN(c1cccc2c1CC=CCCc1cc(C)[nH]c(=O)c1CNC2=O)[C@H]1CC[C@H](NCCC(F)(F)F)CC1. The number of aromatic amines is 1. The number of nitrogens with zero attached hydrogens (tertiary/aromatic N) is 1. The number of rotatable bonds is 6. The zero-order valence-corrected chi connectivity index (χ0v) is 22.8. The van der Waals surface area contributed by atoms with E-state index in [1.165, 1.54) is 0 Å². The van der Waals surface area contributed by atoms with Crippen molar-refractivity contribution in [1.29, 1.82) is 0 Å². The number of hydrogen-bond acceptors (Lipinski definition) is 4. The van der Waals surface area contributed by atoms with Crippen molar-refractivity contribution in [2.24, 2.45) is 0 Å². The van der Waals surface area contributed by atoms with E-state index in [1.54, 1.807) is 0 Å². The second-order valence-electron chi connectivity index (χ2n) is 10.6. The maximum Gasteiger partial charge on any atom is 0.390 e. The number of benzene rings is 1. The Labute approximate surface area is 228 Å². The van der Waals surface area contributed by atoms with Crippen LogP contribution in [-0.4, -0.2) is 42.2 Å². The topological polar surface area (TPSA) is 77.2 Å². The predicted molar refractivity (Wildman–Crippen MR) is 148 cm³/mol. The Kier molecular flexibility index (Phi) is 9.53. The molecule has 39 heavy (non-hydrogen) atoms. The molecule has 1 aromatic heterocycles. The molecule has 1 fully saturated rings. The molecule has 6 nitrogen and oxygen atoms in total. The molecule has 2 aliphatic rings. The first kappa shape index (κ1) is 28.9. The van der Waals surface area contributed by atoms with Crippen molar-refractivity contribution in [2.75, 3.05) is 18.0 Å². The van der Waals surface area contributed by atoms with E-state index in [9.17, 15) is 22.8 Å². The van der Waals surface area contributed by atoms with Crippen LogP contribution < -0.4 is 21.1 Å². The minimum atomic E-state index is -4.14. The molecular formula is C30H39F3N4O2. The van der Waals surface area contributed by atoms with Gasteiger partial charge < -0.3 is 20.5 Å². The molecule has 0 atom stereocenters. The third kappa shape index (κ3) is 7.53. The summed E-state index contributed by atoms with van der Waals surface area (Å²) >= 11 is 0. The molecule has 0 spiro atoms. The van der Waals surface area contributed by atoms with Gasteiger partial charge in [-0.05, 0) is 88.1 Å². The molecule has 1 amide bonds. The highest BCUT2D eigenvalue weighted by atomic mass is 19.4. The number of allylic oxidation sites excluding steroid dienone is 2. The Morgan fingerprint density at radius 2 is 1.85 bits per heavy atom. The normalized spacial score (nSPS) is 20.3. The average Bonchev–Trinajstić information content (AvgIpc) is 2.88. The Morgan fingerprint density at radius 3 is 2.56 bits per heavy atom. The summed E-state index contributed by atoms with van der Waals surface area (Å²) in [4.78, 5) is 31.3. The standard InChI is InChI=1S/C30H39F3N4O2/c1-3-37(23-14-12-22(13-15-23)34-17-16-30(31,32)33)27-11-7-10-25-24(27)9-6-4-5-8-21-18-20(2)36-29(39)26(21)19-35-28(25)38/h4,6-7,10-11,18,22-23,34H,3,5,8-9,12-17,19H2,1-2H3,(H,35,38)(H,36,39)/t22-,23-. The van der Waals surface area contributed by atoms with E-state index in [4.69, 9.17) is 0 Å². The number of anilines is 1. The van der Waals surface area contributed by atoms with Gasteiger partial charge in [-0.2, -0.15) is 13.2 Å². The molecule has 2 aromatic rings. The third-order valence-corrected chi connectivity index (χ3v) is 7.88. The van der Waals surface area contributed by atoms with Crippen LogP contribution in [0.4, 0.5) is 18.9 Å². The number of hydrogen-bond donors (Lipinski definition) is 3. The van der Waals surface area contributed by atoms with Crippen molar-refractivity contribution in [2.45, 2.75) is 90.0 Å². The van der Waals surface area contributed by atoms with Crippen LogP contribution in [0.2, 0.25) is 0 Å². The first-order chi connectivity index (χ1) is 18.7. The molecule has 4 rings (SSSR count). The fourth-order valence-corrected chi connectivity index (χ4v) is 5.93. The maximum atomic E-state index is 13.4. The summed E-state index contributed by atoms with van der Waals surface area (Å²) in [5.74, 6) is -0.208. The molecule has 0 unspecified atom stereocenters. The molecule has 1 aliphatic heterocycles. The lowest BCUT2D eigenvalue weighted by molar-refractivity contribution is -0.133. The number of carbonyl (C=O) groups is 1. The highest BCUT2D eigenvalue weighted by molar-refractivity contribution is 5.97. The quantitative estimate of drug-likeness (QED) is 0.430. The van der Waals surface area contributed by atoms with Gasteiger partial charge in [-0.25, -0.2) is 0 Å². The van der Waals surface area contributed by atoms with Crippen molar-refractivity contribution < 1.29 is 18.0 Å². The molecule has 1 saturated carbocycles. The van der Waals surface area contributed by atoms with Crippen LogP contribution in [0.25, 0.3) is 0 Å². The van der Waals surface area contributed by atoms with Gasteiger partial charge >= 0.3 is 6.18 Å². The lowest BCUT2D eigenvalue weighted by atomic mass is 9.89. The fourth-order valence-electron chi connectivity index (χ4n) is 5.93. The smallest absolute Gasteiger partial charge is 0.369 e. The molecule has 9 heteroatoms. The van der Waals surface area contributed by atoms with Gasteiger partial charge in [0.15, 0.2) is 0 Å². The minimum Gasteiger partial charge on any atom is -0.369 e. The van der Waals surface area contributed by atoms with Crippen molar-refractivity contribution in [3.8, 4) is 0 Å². The highest BCUT2D eigenvalue weighted by Crippen LogP contribution is 2.32. The summed E-state index contributed by atoms with van der Waals surface area (Å²) in [5, 5.41) is 6.06. The maximum absolute atomic E-state index is 13.4. The van der Waals surface area contributed by atoms with Crippen LogP contribution in [0, 0.1) is 6.92 Å². The first-order valence-corrected chi connectivity index (χ1v) is 14.0. The van der Waals surface area contributed by atoms with Crippen molar-refractivity contribution in [3.63, 3.8) is 0 Å². The van der Waals surface area contributed by atoms with E-state index in [2.05, 4.69) is 45.7 Å². The van der Waals surface area contributed by atoms with Gasteiger partial charge in [0.1, 0.15) is 0 Å². The summed E-state index contributed by atoms with van der Waals surface area (Å²) in [7, 11) is 0. The van der Waals surface area contributed by atoms with Gasteiger partial charge in [-0.3, -0.25) is 9.59 Å². The largest absolute Gasteiger partial charge is 0.390 e. The molecule has 3 N–H and O–H groups in total. The van der Waals surface area contributed by atoms with E-state index in [0.717, 1.165) is 67.6 Å². The molecule has 0 radical (unpaired) electrons. The van der Waals surface area contributed by atoms with Crippen LogP contribution >= 0.6 is 0 Å². The zero-order chi connectivity index (χ0) is 28.0. The second-order valence-corrected chi connectivity index (χ2v) is 10.6. The summed E-state index contributed by atoms with van der Waals surface area (Å²) in [6.07, 6.45) is 4.81. The number of carbonyl (C=O) groups excluding carboxylic acids is 1. The van der Waals surface area contributed by atoms with Gasteiger partial charge in [0.2, 0.25) is 0 Å². The molecule has 1 aromatic carbocycles. The van der Waals surface area contributed by atoms with E-state index in [1.807, 2.05) is 25.1 Å². The summed E-state index contributed by atoms with van der Waals surface area (Å²) < 4.78 is 37.6. The number of amides is 1. The Hall–Kier alpha value is -3.07. The van der Waals surface area contributed by atoms with Crippen molar-refractivity contribution in [1.82, 2.24) is 15.6 Å². The van der Waals surface area contributed by atoms with Gasteiger partial charge in [0.25, 0.3) is 11.5 Å². The van der Waals surface area contributed by atoms with E-state index in [0.29, 0.717) is 17.5 Å². The monoisotopic (exact) mass is 544 g/mol. The van der Waals surface area contributed by atoms with Gasteiger partial charge in [0.05, 0.1) is 6.42 Å². The van der Waals surface area contributed by atoms with Crippen LogP contribution in [0.5, 0.6) is 0 Å².